The summed E-state index contributed by atoms with van der Waals surface area (Å²) >= 11 is 0. The van der Waals surface area contributed by atoms with Crippen LogP contribution in [0.1, 0.15) is 16.1 Å². The van der Waals surface area contributed by atoms with Crippen LogP contribution >= 0.6 is 0 Å². The Hall–Kier alpha value is -1.50. The molecule has 2 rings (SSSR count). The maximum Gasteiger partial charge on any atom is 0.339 e. The number of pyridine rings is 1. The molecule has 20 heavy (non-hydrogen) atoms. The largest absolute Gasteiger partial charge is 0.465 e. The predicted molar refractivity (Wildman–Crippen MR) is 74.5 cm³/mol. The maximum absolute atomic E-state index is 11.3. The van der Waals surface area contributed by atoms with E-state index in [1.165, 1.54) is 7.11 Å². The molecule has 0 amide bonds. The normalized spacial score (nSPS) is 16.1. The van der Waals surface area contributed by atoms with Crippen molar-refractivity contribution in [2.24, 2.45) is 0 Å². The zero-order chi connectivity index (χ0) is 14.2. The van der Waals surface area contributed by atoms with Crippen molar-refractivity contribution in [1.82, 2.24) is 15.2 Å². The summed E-state index contributed by atoms with van der Waals surface area (Å²) in [4.78, 5) is 17.9. The third-order valence-electron chi connectivity index (χ3n) is 3.26. The van der Waals surface area contributed by atoms with Crippen LogP contribution in [0.4, 0.5) is 0 Å². The molecule has 110 valence electrons. The highest BCUT2D eigenvalue weighted by molar-refractivity contribution is 5.88. The summed E-state index contributed by atoms with van der Waals surface area (Å²) in [5.74, 6) is -0.357. The van der Waals surface area contributed by atoms with Gasteiger partial charge in [0, 0.05) is 38.9 Å². The Balaban J connectivity index is 1.67. The van der Waals surface area contributed by atoms with Crippen molar-refractivity contribution in [2.75, 3.05) is 46.5 Å². The van der Waals surface area contributed by atoms with E-state index in [9.17, 15) is 4.79 Å². The second-order valence-corrected chi connectivity index (χ2v) is 4.66. The smallest absolute Gasteiger partial charge is 0.339 e. The number of nitrogens with one attached hydrogen (secondary N) is 1. The summed E-state index contributed by atoms with van der Waals surface area (Å²) in [5.41, 5.74) is 1.39. The highest BCUT2D eigenvalue weighted by Crippen LogP contribution is 2.02. The van der Waals surface area contributed by atoms with Gasteiger partial charge in [-0.05, 0) is 12.1 Å². The zero-order valence-corrected chi connectivity index (χ0v) is 11.8. The number of hydrogen-bond acceptors (Lipinski definition) is 6. The minimum atomic E-state index is -0.357. The Morgan fingerprint density at radius 3 is 2.90 bits per heavy atom. The molecule has 0 unspecified atom stereocenters. The van der Waals surface area contributed by atoms with Crippen LogP contribution < -0.4 is 5.32 Å². The quantitative estimate of drug-likeness (QED) is 0.596. The van der Waals surface area contributed by atoms with Crippen LogP contribution in [0.2, 0.25) is 0 Å². The fraction of sp³-hybridized carbons (Fsp3) is 0.571. The standard InChI is InChI=1S/C14H21N3O3/c1-19-14(18)12-2-3-13(16-10-12)11-15-4-5-17-6-8-20-9-7-17/h2-3,10,15H,4-9,11H2,1H3. The molecule has 1 N–H and O–H groups in total. The number of nitrogens with zero attached hydrogens (tertiary/aromatic N) is 2. The average Bonchev–Trinajstić information content (AvgIpc) is 2.52. The lowest BCUT2D eigenvalue weighted by atomic mass is 10.2. The van der Waals surface area contributed by atoms with Gasteiger partial charge < -0.3 is 14.8 Å². The van der Waals surface area contributed by atoms with Crippen LogP contribution in [-0.4, -0.2) is 62.4 Å². The fourth-order valence-electron chi connectivity index (χ4n) is 2.05. The molecular formula is C14H21N3O3. The first-order valence-corrected chi connectivity index (χ1v) is 6.83. The molecule has 1 aliphatic heterocycles. The van der Waals surface area contributed by atoms with E-state index < -0.39 is 0 Å². The molecule has 0 aromatic carbocycles. The highest BCUT2D eigenvalue weighted by atomic mass is 16.5. The molecule has 0 spiro atoms. The zero-order valence-electron chi connectivity index (χ0n) is 11.8. The minimum absolute atomic E-state index is 0.357. The van der Waals surface area contributed by atoms with E-state index in [2.05, 4.69) is 19.9 Å². The summed E-state index contributed by atoms with van der Waals surface area (Å²) in [6.45, 7) is 6.31. The monoisotopic (exact) mass is 279 g/mol. The molecular weight excluding hydrogens is 258 g/mol. The Labute approximate surface area is 119 Å². The average molecular weight is 279 g/mol. The second kappa shape index (κ2) is 7.94. The molecule has 6 heteroatoms. The van der Waals surface area contributed by atoms with Gasteiger partial charge in [0.2, 0.25) is 0 Å². The topological polar surface area (TPSA) is 63.7 Å². The van der Waals surface area contributed by atoms with Gasteiger partial charge in [-0.15, -0.1) is 0 Å². The SMILES string of the molecule is COC(=O)c1ccc(CNCCN2CCOCC2)nc1. The number of methoxy groups -OCH3 is 1. The van der Waals surface area contributed by atoms with Gasteiger partial charge in [0.05, 0.1) is 31.6 Å². The third kappa shape index (κ3) is 4.56. The number of rotatable bonds is 6. The lowest BCUT2D eigenvalue weighted by Gasteiger charge is -2.26. The van der Waals surface area contributed by atoms with Crippen molar-refractivity contribution in [3.05, 3.63) is 29.6 Å². The van der Waals surface area contributed by atoms with Crippen LogP contribution in [-0.2, 0) is 16.0 Å². The van der Waals surface area contributed by atoms with Gasteiger partial charge >= 0.3 is 5.97 Å². The number of ether oxygens (including phenoxy) is 2. The van der Waals surface area contributed by atoms with E-state index in [1.807, 2.05) is 6.07 Å². The van der Waals surface area contributed by atoms with E-state index in [0.29, 0.717) is 12.1 Å². The maximum atomic E-state index is 11.3. The molecule has 2 heterocycles. The molecule has 0 aliphatic carbocycles. The van der Waals surface area contributed by atoms with Gasteiger partial charge in [0.25, 0.3) is 0 Å². The van der Waals surface area contributed by atoms with Gasteiger partial charge in [-0.25, -0.2) is 4.79 Å². The van der Waals surface area contributed by atoms with Crippen LogP contribution in [0.3, 0.4) is 0 Å². The first-order chi connectivity index (χ1) is 9.79. The van der Waals surface area contributed by atoms with Gasteiger partial charge in [-0.1, -0.05) is 0 Å². The lowest BCUT2D eigenvalue weighted by Crippen LogP contribution is -2.40. The molecule has 1 aliphatic rings. The molecule has 0 radical (unpaired) electrons. The molecule has 1 saturated heterocycles. The van der Waals surface area contributed by atoms with Gasteiger partial charge in [0.1, 0.15) is 0 Å². The Kier molecular flexibility index (Phi) is 5.91. The van der Waals surface area contributed by atoms with Crippen molar-refractivity contribution in [3.63, 3.8) is 0 Å². The van der Waals surface area contributed by atoms with Crippen molar-refractivity contribution in [2.45, 2.75) is 6.54 Å². The second-order valence-electron chi connectivity index (χ2n) is 4.66. The van der Waals surface area contributed by atoms with Gasteiger partial charge in [-0.3, -0.25) is 9.88 Å². The van der Waals surface area contributed by atoms with E-state index >= 15 is 0 Å². The van der Waals surface area contributed by atoms with Crippen molar-refractivity contribution >= 4 is 5.97 Å². The molecule has 1 aromatic heterocycles. The summed E-state index contributed by atoms with van der Waals surface area (Å²) in [7, 11) is 1.36. The summed E-state index contributed by atoms with van der Waals surface area (Å²) in [6, 6.07) is 3.58. The lowest BCUT2D eigenvalue weighted by molar-refractivity contribution is 0.0384. The first kappa shape index (κ1) is 14.9. The molecule has 0 bridgehead atoms. The highest BCUT2D eigenvalue weighted by Gasteiger charge is 2.09. The molecule has 1 fully saturated rings. The van der Waals surface area contributed by atoms with Gasteiger partial charge in [-0.2, -0.15) is 0 Å². The van der Waals surface area contributed by atoms with Crippen LogP contribution in [0, 0.1) is 0 Å². The molecule has 0 saturated carbocycles. The van der Waals surface area contributed by atoms with E-state index in [0.717, 1.165) is 45.1 Å². The van der Waals surface area contributed by atoms with E-state index in [-0.39, 0.29) is 5.97 Å². The van der Waals surface area contributed by atoms with Crippen LogP contribution in [0.5, 0.6) is 0 Å². The van der Waals surface area contributed by atoms with Crippen molar-refractivity contribution in [1.29, 1.82) is 0 Å². The minimum Gasteiger partial charge on any atom is -0.465 e. The third-order valence-corrected chi connectivity index (χ3v) is 3.26. The number of carbonyl (C=O) groups excluding carboxylic acids is 1. The number of esters is 1. The summed E-state index contributed by atoms with van der Waals surface area (Å²) in [6.07, 6.45) is 1.55. The number of morpholine rings is 1. The number of hydrogen-bond donors (Lipinski definition) is 1. The molecule has 0 atom stereocenters. The Morgan fingerprint density at radius 1 is 1.45 bits per heavy atom. The van der Waals surface area contributed by atoms with Gasteiger partial charge in [0.15, 0.2) is 0 Å². The van der Waals surface area contributed by atoms with E-state index in [1.54, 1.807) is 12.3 Å². The predicted octanol–water partition coefficient (Wildman–Crippen LogP) is 0.290. The molecule has 1 aromatic rings. The van der Waals surface area contributed by atoms with E-state index in [4.69, 9.17) is 4.74 Å². The van der Waals surface area contributed by atoms with Crippen LogP contribution in [0.25, 0.3) is 0 Å². The fourth-order valence-corrected chi connectivity index (χ4v) is 2.05. The number of aromatic nitrogens is 1. The Morgan fingerprint density at radius 2 is 2.25 bits per heavy atom. The van der Waals surface area contributed by atoms with Crippen LogP contribution in [0.15, 0.2) is 18.3 Å². The summed E-state index contributed by atoms with van der Waals surface area (Å²) in [5, 5.41) is 3.35. The van der Waals surface area contributed by atoms with Crippen molar-refractivity contribution < 1.29 is 14.3 Å². The molecule has 6 nitrogen and oxygen atoms in total. The first-order valence-electron chi connectivity index (χ1n) is 6.83. The summed E-state index contributed by atoms with van der Waals surface area (Å²) < 4.78 is 9.94. The number of carbonyl (C=O) groups is 1. The van der Waals surface area contributed by atoms with Crippen molar-refractivity contribution in [3.8, 4) is 0 Å². The Bertz CT molecular complexity index is 416.